The number of aliphatic hydroxyl groups excluding tert-OH is 3. The number of fused-ring (bicyclic) bond motifs is 3. The van der Waals surface area contributed by atoms with Gasteiger partial charge in [-0.25, -0.2) is 0 Å². The highest BCUT2D eigenvalue weighted by molar-refractivity contribution is 6.23. The number of hydrogen-bond donors (Lipinski definition) is 7. The number of hydrogen-bond acceptors (Lipinski definition) is 9. The van der Waals surface area contributed by atoms with Gasteiger partial charge < -0.3 is 36.4 Å². The number of benzene rings is 1. The van der Waals surface area contributed by atoms with Crippen LogP contribution in [0.3, 0.4) is 0 Å². The highest BCUT2D eigenvalue weighted by Crippen LogP contribution is 2.58. The van der Waals surface area contributed by atoms with Gasteiger partial charge in [0, 0.05) is 11.8 Å². The molecule has 3 aliphatic carbocycles. The third kappa shape index (κ3) is 2.62. The fourth-order valence-electron chi connectivity index (χ4n) is 5.83. The number of phenols is 1. The van der Waals surface area contributed by atoms with E-state index in [0.29, 0.717) is 0 Å². The van der Waals surface area contributed by atoms with Gasteiger partial charge in [-0.05, 0) is 24.5 Å². The Labute approximate surface area is 188 Å². The zero-order valence-electron chi connectivity index (χ0n) is 18.1. The number of carbonyl (C=O) groups excluding carboxylic acids is 3. The lowest BCUT2D eigenvalue weighted by atomic mass is 9.51. The third-order valence-electron chi connectivity index (χ3n) is 7.28. The first-order chi connectivity index (χ1) is 15.2. The topological polar surface area (TPSA) is 199 Å². The maximum Gasteiger partial charge on any atom is 0.255 e. The van der Waals surface area contributed by atoms with Crippen molar-refractivity contribution in [1.29, 1.82) is 0 Å². The van der Waals surface area contributed by atoms with E-state index in [2.05, 4.69) is 0 Å². The molecule has 10 nitrogen and oxygen atoms in total. The van der Waals surface area contributed by atoms with Crippen LogP contribution in [0.5, 0.6) is 5.75 Å². The Balaban J connectivity index is 2.11. The molecule has 0 bridgehead atoms. The molecule has 8 N–H and O–H groups in total. The second-order valence-electron chi connectivity index (χ2n) is 9.42. The summed E-state index contributed by atoms with van der Waals surface area (Å²) in [5, 5.41) is 66.4. The summed E-state index contributed by atoms with van der Waals surface area (Å²) in [6.45, 7) is 4.40. The van der Waals surface area contributed by atoms with E-state index in [1.54, 1.807) is 13.8 Å². The number of nitrogens with two attached hydrogens (primary N) is 1. The van der Waals surface area contributed by atoms with Gasteiger partial charge in [0.15, 0.2) is 11.4 Å². The van der Waals surface area contributed by atoms with Crippen molar-refractivity contribution < 1.29 is 45.0 Å². The molecule has 0 unspecified atom stereocenters. The van der Waals surface area contributed by atoms with E-state index in [0.717, 1.165) is 0 Å². The van der Waals surface area contributed by atoms with E-state index in [1.807, 2.05) is 0 Å². The van der Waals surface area contributed by atoms with E-state index >= 15 is 0 Å². The number of aromatic hydroxyl groups is 1. The van der Waals surface area contributed by atoms with Crippen LogP contribution >= 0.6 is 0 Å². The van der Waals surface area contributed by atoms with Crippen LogP contribution < -0.4 is 5.73 Å². The van der Waals surface area contributed by atoms with E-state index in [-0.39, 0.29) is 11.1 Å². The van der Waals surface area contributed by atoms with Crippen LogP contribution in [0.15, 0.2) is 35.1 Å². The molecule has 6 atom stereocenters. The van der Waals surface area contributed by atoms with Crippen LogP contribution in [-0.4, -0.2) is 59.8 Å². The van der Waals surface area contributed by atoms with E-state index < -0.39 is 86.9 Å². The second-order valence-corrected chi connectivity index (χ2v) is 9.42. The minimum atomic E-state index is -2.98. The normalized spacial score (nSPS) is 36.0. The summed E-state index contributed by atoms with van der Waals surface area (Å²) >= 11 is 0. The lowest BCUT2D eigenvalue weighted by Gasteiger charge is -2.55. The fourth-order valence-corrected chi connectivity index (χ4v) is 5.83. The van der Waals surface area contributed by atoms with Gasteiger partial charge >= 0.3 is 0 Å². The maximum atomic E-state index is 13.7. The third-order valence-corrected chi connectivity index (χ3v) is 7.28. The molecule has 0 aliphatic heterocycles. The standard InChI is InChI=1S/C23H25NO9/c1-7(2)10-15-18(28)14-12(17(27)11-8(22(14,3)32)5-4-6-9(11)25)19(29)23(15,33)20(30)13(16(10)26)21(24)31/h4-7,10,14-15,18,25,27-28,30,32-33H,1-3H3,(H2,24,31)/t10-,14+,15+,18-,22+,23-/m0/s1. The number of carbonyl (C=O) groups is 3. The van der Waals surface area contributed by atoms with Gasteiger partial charge in [-0.2, -0.15) is 0 Å². The van der Waals surface area contributed by atoms with Crippen molar-refractivity contribution in [2.45, 2.75) is 38.1 Å². The Morgan fingerprint density at radius 1 is 1.12 bits per heavy atom. The predicted molar refractivity (Wildman–Crippen MR) is 112 cm³/mol. The van der Waals surface area contributed by atoms with E-state index in [1.165, 1.54) is 25.1 Å². The molecule has 0 aromatic heterocycles. The van der Waals surface area contributed by atoms with Crippen molar-refractivity contribution >= 4 is 23.2 Å². The van der Waals surface area contributed by atoms with Crippen molar-refractivity contribution in [3.05, 3.63) is 46.2 Å². The summed E-state index contributed by atoms with van der Waals surface area (Å²) in [7, 11) is 0. The van der Waals surface area contributed by atoms with Crippen LogP contribution in [0.2, 0.25) is 0 Å². The Kier molecular flexibility index (Phi) is 4.80. The van der Waals surface area contributed by atoms with Gasteiger partial charge in [-0.3, -0.25) is 14.4 Å². The van der Waals surface area contributed by atoms with Crippen LogP contribution in [-0.2, 0) is 20.0 Å². The van der Waals surface area contributed by atoms with Crippen LogP contribution in [0, 0.1) is 23.7 Å². The average Bonchev–Trinajstić information content (AvgIpc) is 2.70. The first-order valence-corrected chi connectivity index (χ1v) is 10.4. The van der Waals surface area contributed by atoms with Crippen molar-refractivity contribution in [2.24, 2.45) is 29.4 Å². The summed E-state index contributed by atoms with van der Waals surface area (Å²) in [5.74, 6) is -11.3. The molecule has 3 aliphatic rings. The zero-order chi connectivity index (χ0) is 24.8. The monoisotopic (exact) mass is 459 g/mol. The number of aliphatic hydroxyl groups is 5. The van der Waals surface area contributed by atoms with Gasteiger partial charge in [-0.15, -0.1) is 0 Å². The van der Waals surface area contributed by atoms with Gasteiger partial charge in [0.05, 0.1) is 28.8 Å². The number of Topliss-reactive ketones (excluding diaryl/α,β-unsaturated/α-hetero) is 2. The SMILES string of the molecule is CC(C)[C@@H]1C(=O)C(C(N)=O)=C(O)[C@@]2(O)C(=O)C3=C(O)c4c(O)cccc4[C@@](C)(O)[C@H]3[C@H](O)[C@@H]12. The summed E-state index contributed by atoms with van der Waals surface area (Å²) in [5.41, 5.74) is -1.61. The summed E-state index contributed by atoms with van der Waals surface area (Å²) in [6.07, 6.45) is -1.83. The summed E-state index contributed by atoms with van der Waals surface area (Å²) < 4.78 is 0. The Morgan fingerprint density at radius 3 is 2.27 bits per heavy atom. The molecule has 0 radical (unpaired) electrons. The first-order valence-electron chi connectivity index (χ1n) is 10.4. The van der Waals surface area contributed by atoms with Gasteiger partial charge in [0.2, 0.25) is 5.78 Å². The van der Waals surface area contributed by atoms with Gasteiger partial charge in [0.1, 0.15) is 22.8 Å². The molecular formula is C23H25NO9. The van der Waals surface area contributed by atoms with Gasteiger partial charge in [0.25, 0.3) is 5.91 Å². The number of amides is 1. The molecule has 176 valence electrons. The molecule has 0 saturated heterocycles. The first kappa shape index (κ1) is 23.0. The zero-order valence-corrected chi connectivity index (χ0v) is 18.1. The molecule has 10 heteroatoms. The van der Waals surface area contributed by atoms with Crippen molar-refractivity contribution in [3.63, 3.8) is 0 Å². The molecule has 33 heavy (non-hydrogen) atoms. The Hall–Kier alpha value is -3.21. The largest absolute Gasteiger partial charge is 0.508 e. The van der Waals surface area contributed by atoms with Crippen LogP contribution in [0.4, 0.5) is 0 Å². The molecule has 1 amide bonds. The van der Waals surface area contributed by atoms with E-state index in [9.17, 15) is 45.0 Å². The smallest absolute Gasteiger partial charge is 0.255 e. The molecular weight excluding hydrogens is 434 g/mol. The minimum absolute atomic E-state index is 0.0202. The number of ketones is 2. The lowest BCUT2D eigenvalue weighted by Crippen LogP contribution is -2.69. The van der Waals surface area contributed by atoms with Crippen molar-refractivity contribution in [3.8, 4) is 5.75 Å². The van der Waals surface area contributed by atoms with Crippen LogP contribution in [0.1, 0.15) is 31.9 Å². The number of phenolic OH excluding ortho intramolecular Hbond substituents is 1. The molecule has 1 saturated carbocycles. The summed E-state index contributed by atoms with van der Waals surface area (Å²) in [6, 6.07) is 4.02. The van der Waals surface area contributed by atoms with Crippen molar-refractivity contribution in [1.82, 2.24) is 0 Å². The highest BCUT2D eigenvalue weighted by atomic mass is 16.4. The predicted octanol–water partition coefficient (Wildman–Crippen LogP) is -0.0582. The van der Waals surface area contributed by atoms with E-state index in [4.69, 9.17) is 5.73 Å². The molecule has 0 heterocycles. The molecule has 1 aromatic carbocycles. The number of primary amides is 1. The van der Waals surface area contributed by atoms with Gasteiger partial charge in [-0.1, -0.05) is 26.0 Å². The summed E-state index contributed by atoms with van der Waals surface area (Å²) in [4.78, 5) is 38.8. The maximum absolute atomic E-state index is 13.7. The Bertz CT molecular complexity index is 1180. The molecule has 4 rings (SSSR count). The average molecular weight is 459 g/mol. The molecule has 1 fully saturated rings. The van der Waals surface area contributed by atoms with Crippen LogP contribution in [0.25, 0.3) is 5.76 Å². The quantitative estimate of drug-likeness (QED) is 0.296. The number of rotatable bonds is 2. The molecule has 1 aromatic rings. The lowest BCUT2D eigenvalue weighted by molar-refractivity contribution is -0.183. The Morgan fingerprint density at radius 2 is 1.73 bits per heavy atom. The second kappa shape index (κ2) is 6.89. The minimum Gasteiger partial charge on any atom is -0.508 e. The highest BCUT2D eigenvalue weighted by Gasteiger charge is 2.69. The fraction of sp³-hybridized carbons (Fsp3) is 0.435. The van der Waals surface area contributed by atoms with Crippen molar-refractivity contribution in [2.75, 3.05) is 0 Å². The molecule has 0 spiro atoms.